The summed E-state index contributed by atoms with van der Waals surface area (Å²) in [5, 5.41) is 17.9. The van der Waals surface area contributed by atoms with Crippen LogP contribution in [-0.4, -0.2) is 22.3 Å². The number of fused-ring (bicyclic) bond motifs is 1. The van der Waals surface area contributed by atoms with Crippen molar-refractivity contribution in [3.8, 4) is 11.8 Å². The highest BCUT2D eigenvalue weighted by Crippen LogP contribution is 2.51. The molecule has 1 saturated carbocycles. The van der Waals surface area contributed by atoms with Crippen LogP contribution in [0, 0.1) is 18.8 Å². The first kappa shape index (κ1) is 24.1. The van der Waals surface area contributed by atoms with Gasteiger partial charge in [0.2, 0.25) is 5.76 Å². The van der Waals surface area contributed by atoms with Gasteiger partial charge in [-0.2, -0.15) is 0 Å². The highest BCUT2D eigenvalue weighted by molar-refractivity contribution is 5.87. The molecule has 1 aliphatic carbocycles. The number of anilines is 1. The van der Waals surface area contributed by atoms with E-state index in [0.29, 0.717) is 11.4 Å². The van der Waals surface area contributed by atoms with Gasteiger partial charge >= 0.3 is 12.1 Å². The number of hydrogen-bond donors (Lipinski definition) is 2. The maximum absolute atomic E-state index is 12.5. The Balaban J connectivity index is 1.31. The summed E-state index contributed by atoms with van der Waals surface area (Å²) in [6, 6.07) is 21.4. The fourth-order valence-electron chi connectivity index (χ4n) is 4.48. The molecule has 4 aromatic rings. The number of amides is 1. The molecule has 7 nitrogen and oxygen atoms in total. The van der Waals surface area contributed by atoms with Gasteiger partial charge in [-0.05, 0) is 66.6 Å². The van der Waals surface area contributed by atoms with E-state index in [1.807, 2.05) is 60.7 Å². The van der Waals surface area contributed by atoms with Gasteiger partial charge < -0.3 is 14.4 Å². The van der Waals surface area contributed by atoms with E-state index in [9.17, 15) is 14.7 Å². The summed E-state index contributed by atoms with van der Waals surface area (Å²) < 4.78 is 10.8. The number of hydrogen-bond acceptors (Lipinski definition) is 5. The molecular formula is C30H26N2O5. The van der Waals surface area contributed by atoms with Crippen molar-refractivity contribution in [1.29, 1.82) is 0 Å². The first-order valence-corrected chi connectivity index (χ1v) is 12.1. The van der Waals surface area contributed by atoms with E-state index in [0.717, 1.165) is 40.3 Å². The zero-order valence-corrected chi connectivity index (χ0v) is 20.6. The molecule has 0 aliphatic heterocycles. The lowest BCUT2D eigenvalue weighted by Crippen LogP contribution is -2.16. The molecule has 1 fully saturated rings. The van der Waals surface area contributed by atoms with Crippen molar-refractivity contribution in [2.24, 2.45) is 0 Å². The second kappa shape index (κ2) is 9.82. The molecular weight excluding hydrogens is 468 g/mol. The zero-order valence-electron chi connectivity index (χ0n) is 20.6. The zero-order chi connectivity index (χ0) is 26.0. The number of aryl methyl sites for hydroxylation is 1. The number of aromatic nitrogens is 1. The fourth-order valence-corrected chi connectivity index (χ4v) is 4.48. The summed E-state index contributed by atoms with van der Waals surface area (Å²) >= 11 is 0. The highest BCUT2D eigenvalue weighted by atomic mass is 16.6. The quantitative estimate of drug-likeness (QED) is 0.303. The number of carbonyl (C=O) groups excluding carboxylic acids is 1. The van der Waals surface area contributed by atoms with Crippen molar-refractivity contribution in [2.75, 3.05) is 5.32 Å². The van der Waals surface area contributed by atoms with E-state index in [1.54, 1.807) is 13.8 Å². The lowest BCUT2D eigenvalue weighted by atomic mass is 9.90. The number of nitrogens with one attached hydrogen (secondary N) is 1. The topological polar surface area (TPSA) is 102 Å². The Kier molecular flexibility index (Phi) is 6.41. The molecule has 3 aromatic carbocycles. The normalized spacial score (nSPS) is 14.3. The van der Waals surface area contributed by atoms with E-state index in [-0.39, 0.29) is 17.6 Å². The standard InChI is InChI=1S/C30H26N2O5/c1-19-28(31-29(35)36-20(2)22-6-4-3-5-7-22)26(37-32-19)13-9-21-8-10-24-17-25(12-11-23(24)16-21)30(14-15-30)18-27(33)34/h3-8,10-12,16-17,20H,14-15,18H2,1-2H3,(H,31,35)(H,33,34)/t20-/m1/s1. The van der Waals surface area contributed by atoms with E-state index in [4.69, 9.17) is 9.26 Å². The molecule has 0 spiro atoms. The van der Waals surface area contributed by atoms with Crippen molar-refractivity contribution in [1.82, 2.24) is 5.16 Å². The van der Waals surface area contributed by atoms with E-state index in [1.165, 1.54) is 0 Å². The largest absolute Gasteiger partial charge is 0.481 e. The summed E-state index contributed by atoms with van der Waals surface area (Å²) in [7, 11) is 0. The number of carbonyl (C=O) groups is 2. The van der Waals surface area contributed by atoms with Crippen LogP contribution in [0.4, 0.5) is 10.5 Å². The average molecular weight is 495 g/mol. The Morgan fingerprint density at radius 3 is 2.54 bits per heavy atom. The van der Waals surface area contributed by atoms with Crippen LogP contribution in [0.2, 0.25) is 0 Å². The average Bonchev–Trinajstić information content (AvgIpc) is 3.59. The van der Waals surface area contributed by atoms with Crippen LogP contribution in [0.15, 0.2) is 71.3 Å². The molecule has 0 radical (unpaired) electrons. The van der Waals surface area contributed by atoms with Gasteiger partial charge in [0.15, 0.2) is 0 Å². The van der Waals surface area contributed by atoms with Gasteiger partial charge in [-0.1, -0.05) is 65.7 Å². The van der Waals surface area contributed by atoms with Gasteiger partial charge in [0, 0.05) is 11.0 Å². The van der Waals surface area contributed by atoms with Gasteiger partial charge in [0.25, 0.3) is 0 Å². The second-order valence-corrected chi connectivity index (χ2v) is 9.43. The minimum absolute atomic E-state index is 0.160. The number of nitrogens with zero attached hydrogens (tertiary/aromatic N) is 1. The SMILES string of the molecule is Cc1noc(C#Cc2ccc3cc(C4(CC(=O)O)CC4)ccc3c2)c1NC(=O)O[C@H](C)c1ccccc1. The molecule has 2 N–H and O–H groups in total. The second-order valence-electron chi connectivity index (χ2n) is 9.43. The number of aliphatic carboxylic acids is 1. The molecule has 5 rings (SSSR count). The Labute approximate surface area is 214 Å². The fraction of sp³-hybridized carbons (Fsp3) is 0.233. The Hall–Kier alpha value is -4.57. The highest BCUT2D eigenvalue weighted by Gasteiger charge is 2.45. The summed E-state index contributed by atoms with van der Waals surface area (Å²) in [5.41, 5.74) is 3.37. The predicted octanol–water partition coefficient (Wildman–Crippen LogP) is 6.35. The van der Waals surface area contributed by atoms with Gasteiger partial charge in [0.1, 0.15) is 17.5 Å². The molecule has 37 heavy (non-hydrogen) atoms. The van der Waals surface area contributed by atoms with Crippen LogP contribution < -0.4 is 5.32 Å². The van der Waals surface area contributed by atoms with Gasteiger partial charge in [-0.3, -0.25) is 10.1 Å². The van der Waals surface area contributed by atoms with Crippen LogP contribution >= 0.6 is 0 Å². The maximum Gasteiger partial charge on any atom is 0.412 e. The van der Waals surface area contributed by atoms with E-state index in [2.05, 4.69) is 28.4 Å². The minimum atomic E-state index is -0.765. The molecule has 1 aliphatic rings. The van der Waals surface area contributed by atoms with E-state index >= 15 is 0 Å². The van der Waals surface area contributed by atoms with Crippen LogP contribution in [0.3, 0.4) is 0 Å². The van der Waals surface area contributed by atoms with Crippen molar-refractivity contribution < 1.29 is 24.0 Å². The number of carboxylic acid groups (broad SMARTS) is 1. The molecule has 7 heteroatoms. The molecule has 0 saturated heterocycles. The molecule has 186 valence electrons. The molecule has 1 aromatic heterocycles. The number of ether oxygens (including phenoxy) is 1. The minimum Gasteiger partial charge on any atom is -0.481 e. The van der Waals surface area contributed by atoms with Crippen LogP contribution in [0.5, 0.6) is 0 Å². The Morgan fingerprint density at radius 2 is 1.81 bits per heavy atom. The summed E-state index contributed by atoms with van der Waals surface area (Å²) in [6.07, 6.45) is 0.921. The molecule has 1 atom stereocenters. The maximum atomic E-state index is 12.5. The van der Waals surface area contributed by atoms with Gasteiger partial charge in [-0.15, -0.1) is 0 Å². The van der Waals surface area contributed by atoms with E-state index < -0.39 is 18.2 Å². The van der Waals surface area contributed by atoms with Crippen molar-refractivity contribution >= 4 is 28.5 Å². The first-order valence-electron chi connectivity index (χ1n) is 12.1. The summed E-state index contributed by atoms with van der Waals surface area (Å²) in [4.78, 5) is 23.8. The number of rotatable bonds is 6. The molecule has 1 amide bonds. The molecule has 1 heterocycles. The van der Waals surface area contributed by atoms with Crippen molar-refractivity contribution in [2.45, 2.75) is 44.6 Å². The Morgan fingerprint density at radius 1 is 1.08 bits per heavy atom. The van der Waals surface area contributed by atoms with Crippen LogP contribution in [0.1, 0.15) is 60.4 Å². The lowest BCUT2D eigenvalue weighted by Gasteiger charge is -2.14. The third-order valence-corrected chi connectivity index (χ3v) is 6.76. The molecule has 0 bridgehead atoms. The third-order valence-electron chi connectivity index (χ3n) is 6.76. The number of benzene rings is 3. The van der Waals surface area contributed by atoms with Crippen molar-refractivity contribution in [3.63, 3.8) is 0 Å². The first-order chi connectivity index (χ1) is 17.8. The predicted molar refractivity (Wildman–Crippen MR) is 139 cm³/mol. The Bertz CT molecular complexity index is 1540. The summed E-state index contributed by atoms with van der Waals surface area (Å²) in [6.45, 7) is 3.52. The van der Waals surface area contributed by atoms with Crippen molar-refractivity contribution in [3.05, 3.63) is 94.9 Å². The van der Waals surface area contributed by atoms with Gasteiger partial charge in [-0.25, -0.2) is 4.79 Å². The van der Waals surface area contributed by atoms with Crippen LogP contribution in [0.25, 0.3) is 10.8 Å². The molecule has 0 unspecified atom stereocenters. The third kappa shape index (κ3) is 5.34. The monoisotopic (exact) mass is 494 g/mol. The van der Waals surface area contributed by atoms with Crippen LogP contribution in [-0.2, 0) is 14.9 Å². The lowest BCUT2D eigenvalue weighted by molar-refractivity contribution is -0.137. The summed E-state index contributed by atoms with van der Waals surface area (Å²) in [5.74, 6) is 5.51. The van der Waals surface area contributed by atoms with Gasteiger partial charge in [0.05, 0.1) is 6.42 Å². The smallest absolute Gasteiger partial charge is 0.412 e. The number of carboxylic acids is 1.